The van der Waals surface area contributed by atoms with Crippen LogP contribution < -0.4 is 0 Å². The van der Waals surface area contributed by atoms with Crippen molar-refractivity contribution < 1.29 is 8.42 Å². The van der Waals surface area contributed by atoms with Crippen LogP contribution >= 0.6 is 27.3 Å². The molecule has 2 rings (SSSR count). The maximum Gasteiger partial charge on any atom is 0.244 e. The minimum atomic E-state index is -3.33. The highest BCUT2D eigenvalue weighted by atomic mass is 79.9. The molecule has 1 fully saturated rings. The van der Waals surface area contributed by atoms with Gasteiger partial charge in [0.05, 0.1) is 8.68 Å². The summed E-state index contributed by atoms with van der Waals surface area (Å²) in [6, 6.07) is 1.84. The Hall–Kier alpha value is 0.0900. The Morgan fingerprint density at radius 1 is 1.39 bits per heavy atom. The van der Waals surface area contributed by atoms with Gasteiger partial charge in [0.2, 0.25) is 10.0 Å². The number of halogens is 1. The standard InChI is InChI=1S/C12H18BrNO2S2/c1-9-6-4-3-5-7-14(9)18(15,16)11-8-12(13)17-10(11)2/h8-9H,3-7H2,1-2H3. The van der Waals surface area contributed by atoms with Gasteiger partial charge in [-0.3, -0.25) is 0 Å². The summed E-state index contributed by atoms with van der Waals surface area (Å²) in [7, 11) is -3.33. The summed E-state index contributed by atoms with van der Waals surface area (Å²) in [5.74, 6) is 0. The van der Waals surface area contributed by atoms with E-state index in [2.05, 4.69) is 15.9 Å². The van der Waals surface area contributed by atoms with Crippen molar-refractivity contribution in [2.24, 2.45) is 0 Å². The second-order valence-electron chi connectivity index (χ2n) is 4.79. The summed E-state index contributed by atoms with van der Waals surface area (Å²) >= 11 is 4.84. The summed E-state index contributed by atoms with van der Waals surface area (Å²) in [6.45, 7) is 4.53. The third-order valence-corrected chi connectivity index (χ3v) is 7.24. The highest BCUT2D eigenvalue weighted by Gasteiger charge is 2.31. The Kier molecular flexibility index (Phi) is 4.52. The maximum absolute atomic E-state index is 12.7. The predicted octanol–water partition coefficient (Wildman–Crippen LogP) is 3.77. The van der Waals surface area contributed by atoms with Crippen LogP contribution in [-0.2, 0) is 10.0 Å². The first kappa shape index (κ1) is 14.5. The van der Waals surface area contributed by atoms with E-state index in [4.69, 9.17) is 0 Å². The van der Waals surface area contributed by atoms with E-state index in [0.717, 1.165) is 34.3 Å². The molecule has 2 heterocycles. The fourth-order valence-corrected chi connectivity index (χ4v) is 6.50. The zero-order valence-electron chi connectivity index (χ0n) is 10.6. The number of hydrogen-bond donors (Lipinski definition) is 0. The Bertz CT molecular complexity index is 524. The van der Waals surface area contributed by atoms with Gasteiger partial charge in [0.25, 0.3) is 0 Å². The molecule has 1 aliphatic rings. The van der Waals surface area contributed by atoms with Gasteiger partial charge in [-0.15, -0.1) is 11.3 Å². The van der Waals surface area contributed by atoms with Gasteiger partial charge in [-0.1, -0.05) is 12.8 Å². The maximum atomic E-state index is 12.7. The summed E-state index contributed by atoms with van der Waals surface area (Å²) in [4.78, 5) is 1.33. The van der Waals surface area contributed by atoms with Crippen molar-refractivity contribution in [3.05, 3.63) is 14.7 Å². The molecule has 0 radical (unpaired) electrons. The van der Waals surface area contributed by atoms with E-state index in [-0.39, 0.29) is 6.04 Å². The predicted molar refractivity (Wildman–Crippen MR) is 78.6 cm³/mol. The molecular formula is C12H18BrNO2S2. The number of thiophene rings is 1. The first-order valence-electron chi connectivity index (χ1n) is 6.20. The van der Waals surface area contributed by atoms with Crippen LogP contribution in [0, 0.1) is 6.92 Å². The van der Waals surface area contributed by atoms with E-state index in [1.807, 2.05) is 13.8 Å². The third-order valence-electron chi connectivity index (χ3n) is 3.42. The van der Waals surface area contributed by atoms with Gasteiger partial charge in [-0.25, -0.2) is 8.42 Å². The van der Waals surface area contributed by atoms with Crippen LogP contribution in [0.3, 0.4) is 0 Å². The van der Waals surface area contributed by atoms with Crippen molar-refractivity contribution in [2.75, 3.05) is 6.54 Å². The number of sulfonamides is 1. The molecule has 0 N–H and O–H groups in total. The molecule has 0 amide bonds. The second-order valence-corrected chi connectivity index (χ2v) is 9.28. The molecule has 0 bridgehead atoms. The Morgan fingerprint density at radius 3 is 2.72 bits per heavy atom. The summed E-state index contributed by atoms with van der Waals surface area (Å²) < 4.78 is 28.0. The van der Waals surface area contributed by atoms with Crippen molar-refractivity contribution >= 4 is 37.3 Å². The summed E-state index contributed by atoms with van der Waals surface area (Å²) in [5, 5.41) is 0. The molecule has 18 heavy (non-hydrogen) atoms. The first-order chi connectivity index (χ1) is 8.43. The molecule has 0 aliphatic carbocycles. The SMILES string of the molecule is Cc1sc(Br)cc1S(=O)(=O)N1CCCCCC1C. The van der Waals surface area contributed by atoms with Gasteiger partial charge in [-0.05, 0) is 48.7 Å². The van der Waals surface area contributed by atoms with Crippen LogP contribution in [0.5, 0.6) is 0 Å². The second kappa shape index (κ2) is 5.61. The highest BCUT2D eigenvalue weighted by Crippen LogP contribution is 2.33. The van der Waals surface area contributed by atoms with E-state index in [9.17, 15) is 8.42 Å². The van der Waals surface area contributed by atoms with Gasteiger partial charge >= 0.3 is 0 Å². The Morgan fingerprint density at radius 2 is 2.11 bits per heavy atom. The van der Waals surface area contributed by atoms with Crippen LogP contribution in [0.25, 0.3) is 0 Å². The van der Waals surface area contributed by atoms with Gasteiger partial charge < -0.3 is 0 Å². The van der Waals surface area contributed by atoms with Crippen LogP contribution in [0.4, 0.5) is 0 Å². The van der Waals surface area contributed by atoms with Crippen molar-refractivity contribution in [1.29, 1.82) is 0 Å². The van der Waals surface area contributed by atoms with Crippen LogP contribution in [0.2, 0.25) is 0 Å². The van der Waals surface area contributed by atoms with Crippen molar-refractivity contribution in [1.82, 2.24) is 4.31 Å². The molecule has 102 valence electrons. The number of hydrogen-bond acceptors (Lipinski definition) is 3. The monoisotopic (exact) mass is 351 g/mol. The van der Waals surface area contributed by atoms with Crippen LogP contribution in [0.15, 0.2) is 14.7 Å². The molecule has 0 saturated carbocycles. The lowest BCUT2D eigenvalue weighted by Gasteiger charge is -2.26. The molecular weight excluding hydrogens is 334 g/mol. The molecule has 0 spiro atoms. The average Bonchev–Trinajstić information content (AvgIpc) is 2.49. The van der Waals surface area contributed by atoms with Gasteiger partial charge in [0.1, 0.15) is 0 Å². The third kappa shape index (κ3) is 2.81. The largest absolute Gasteiger partial charge is 0.244 e. The van der Waals surface area contributed by atoms with E-state index < -0.39 is 10.0 Å². The van der Waals surface area contributed by atoms with E-state index in [1.165, 1.54) is 11.3 Å². The van der Waals surface area contributed by atoms with Gasteiger partial charge in [0, 0.05) is 17.5 Å². The lowest BCUT2D eigenvalue weighted by atomic mass is 10.1. The first-order valence-corrected chi connectivity index (χ1v) is 9.25. The number of rotatable bonds is 2. The van der Waals surface area contributed by atoms with Gasteiger partial charge in [-0.2, -0.15) is 4.31 Å². The molecule has 1 aromatic rings. The topological polar surface area (TPSA) is 37.4 Å². The minimum absolute atomic E-state index is 0.107. The fourth-order valence-electron chi connectivity index (χ4n) is 2.42. The van der Waals surface area contributed by atoms with Gasteiger partial charge in [0.15, 0.2) is 0 Å². The van der Waals surface area contributed by atoms with Crippen molar-refractivity contribution in [2.45, 2.75) is 50.5 Å². The molecule has 6 heteroatoms. The minimum Gasteiger partial charge on any atom is -0.207 e. The van der Waals surface area contributed by atoms with E-state index in [1.54, 1.807) is 10.4 Å². The zero-order valence-corrected chi connectivity index (χ0v) is 13.9. The smallest absolute Gasteiger partial charge is 0.207 e. The van der Waals surface area contributed by atoms with Crippen molar-refractivity contribution in [3.8, 4) is 0 Å². The molecule has 0 aromatic carbocycles. The molecule has 1 unspecified atom stereocenters. The lowest BCUT2D eigenvalue weighted by Crippen LogP contribution is -2.38. The fraction of sp³-hybridized carbons (Fsp3) is 0.667. The Balaban J connectivity index is 2.38. The lowest BCUT2D eigenvalue weighted by molar-refractivity contribution is 0.342. The average molecular weight is 352 g/mol. The zero-order chi connectivity index (χ0) is 13.3. The number of nitrogens with zero attached hydrogens (tertiary/aromatic N) is 1. The quantitative estimate of drug-likeness (QED) is 0.813. The number of aryl methyl sites for hydroxylation is 1. The highest BCUT2D eigenvalue weighted by molar-refractivity contribution is 9.11. The summed E-state index contributed by atoms with van der Waals surface area (Å²) in [5.41, 5.74) is 0. The molecule has 1 atom stereocenters. The molecule has 1 aromatic heterocycles. The van der Waals surface area contributed by atoms with E-state index >= 15 is 0 Å². The molecule has 1 aliphatic heterocycles. The molecule has 3 nitrogen and oxygen atoms in total. The molecule has 1 saturated heterocycles. The van der Waals surface area contributed by atoms with Crippen molar-refractivity contribution in [3.63, 3.8) is 0 Å². The van der Waals surface area contributed by atoms with Crippen LogP contribution in [0.1, 0.15) is 37.5 Å². The Labute approximate surface area is 121 Å². The van der Waals surface area contributed by atoms with Crippen LogP contribution in [-0.4, -0.2) is 25.3 Å². The summed E-state index contributed by atoms with van der Waals surface area (Å²) in [6.07, 6.45) is 4.18. The van der Waals surface area contributed by atoms with E-state index in [0.29, 0.717) is 11.4 Å². The normalized spacial score (nSPS) is 22.9.